The van der Waals surface area contributed by atoms with Crippen molar-refractivity contribution < 1.29 is 9.59 Å². The van der Waals surface area contributed by atoms with E-state index in [1.54, 1.807) is 4.90 Å². The molecule has 0 spiro atoms. The van der Waals surface area contributed by atoms with E-state index in [1.807, 2.05) is 24.6 Å². The maximum atomic E-state index is 12.8. The predicted molar refractivity (Wildman–Crippen MR) is 125 cm³/mol. The van der Waals surface area contributed by atoms with E-state index in [4.69, 9.17) is 5.10 Å². The highest BCUT2D eigenvalue weighted by Crippen LogP contribution is 2.28. The number of rotatable bonds is 10. The molecule has 1 aromatic rings. The first-order valence-corrected chi connectivity index (χ1v) is 11.5. The van der Waals surface area contributed by atoms with Gasteiger partial charge in [0, 0.05) is 23.9 Å². The maximum Gasteiger partial charge on any atom is 0.245 e. The van der Waals surface area contributed by atoms with E-state index in [2.05, 4.69) is 53.8 Å². The predicted octanol–water partition coefficient (Wildman–Crippen LogP) is 5.47. The van der Waals surface area contributed by atoms with Crippen LogP contribution in [0.25, 0.3) is 0 Å². The van der Waals surface area contributed by atoms with Crippen LogP contribution in [0, 0.1) is 0 Å². The van der Waals surface area contributed by atoms with E-state index in [0.29, 0.717) is 12.2 Å². The van der Waals surface area contributed by atoms with Gasteiger partial charge < -0.3 is 10.2 Å². The number of hydrogen-bond acceptors (Lipinski definition) is 3. The third-order valence-electron chi connectivity index (χ3n) is 5.13. The molecule has 1 rings (SSSR count). The van der Waals surface area contributed by atoms with Crippen LogP contribution in [0.1, 0.15) is 107 Å². The normalized spacial score (nSPS) is 12.3. The molecule has 1 N–H and O–H groups in total. The van der Waals surface area contributed by atoms with Crippen LogP contribution in [-0.2, 0) is 20.5 Å². The van der Waals surface area contributed by atoms with Crippen LogP contribution in [0.4, 0.5) is 5.82 Å². The third-order valence-corrected chi connectivity index (χ3v) is 5.13. The van der Waals surface area contributed by atoms with Crippen molar-refractivity contribution in [1.82, 2.24) is 14.7 Å². The topological polar surface area (TPSA) is 67.2 Å². The fraction of sp³-hybridized carbons (Fsp3) is 0.792. The highest BCUT2D eigenvalue weighted by Gasteiger charge is 2.27. The summed E-state index contributed by atoms with van der Waals surface area (Å²) < 4.78 is 1.86. The first-order valence-electron chi connectivity index (χ1n) is 11.5. The molecule has 6 nitrogen and oxygen atoms in total. The van der Waals surface area contributed by atoms with Gasteiger partial charge in [0.25, 0.3) is 0 Å². The van der Waals surface area contributed by atoms with E-state index in [0.717, 1.165) is 18.5 Å². The molecular weight excluding hydrogens is 376 g/mol. The second kappa shape index (κ2) is 11.0. The molecule has 30 heavy (non-hydrogen) atoms. The Labute approximate surface area is 183 Å². The third kappa shape index (κ3) is 8.11. The van der Waals surface area contributed by atoms with Crippen molar-refractivity contribution in [3.63, 3.8) is 0 Å². The molecule has 6 heteroatoms. The van der Waals surface area contributed by atoms with Crippen molar-refractivity contribution in [3.8, 4) is 0 Å². The SMILES string of the molecule is CCCCCCCC(=O)N(CC(=O)Nc1cc(C(C)(C)C)nn1C(C)(C)C)C(C)C. The van der Waals surface area contributed by atoms with E-state index >= 15 is 0 Å². The number of nitrogens with one attached hydrogen (secondary N) is 1. The Kier molecular flexibility index (Phi) is 9.57. The summed E-state index contributed by atoms with van der Waals surface area (Å²) in [6, 6.07) is 1.93. The van der Waals surface area contributed by atoms with E-state index < -0.39 is 0 Å². The smallest absolute Gasteiger partial charge is 0.245 e. The van der Waals surface area contributed by atoms with Crippen molar-refractivity contribution >= 4 is 17.6 Å². The van der Waals surface area contributed by atoms with Crippen molar-refractivity contribution in [1.29, 1.82) is 0 Å². The van der Waals surface area contributed by atoms with Gasteiger partial charge in [-0.1, -0.05) is 53.4 Å². The van der Waals surface area contributed by atoms with Gasteiger partial charge >= 0.3 is 0 Å². The summed E-state index contributed by atoms with van der Waals surface area (Å²) in [6.45, 7) is 18.7. The second-order valence-corrected chi connectivity index (χ2v) is 10.6. The minimum atomic E-state index is -0.266. The summed E-state index contributed by atoms with van der Waals surface area (Å²) >= 11 is 0. The lowest BCUT2D eigenvalue weighted by molar-refractivity contribution is -0.136. The number of hydrogen-bond donors (Lipinski definition) is 1. The number of carbonyl (C=O) groups excluding carboxylic acids is 2. The highest BCUT2D eigenvalue weighted by atomic mass is 16.2. The lowest BCUT2D eigenvalue weighted by Gasteiger charge is -2.27. The van der Waals surface area contributed by atoms with Gasteiger partial charge in [0.05, 0.1) is 11.2 Å². The van der Waals surface area contributed by atoms with E-state index in [9.17, 15) is 9.59 Å². The van der Waals surface area contributed by atoms with Gasteiger partial charge in [-0.2, -0.15) is 5.10 Å². The Balaban J connectivity index is 2.85. The molecule has 0 saturated heterocycles. The number of unbranched alkanes of at least 4 members (excludes halogenated alkanes) is 4. The van der Waals surface area contributed by atoms with Gasteiger partial charge in [-0.05, 0) is 41.0 Å². The van der Waals surface area contributed by atoms with Crippen LogP contribution in [0.5, 0.6) is 0 Å². The second-order valence-electron chi connectivity index (χ2n) is 10.6. The van der Waals surface area contributed by atoms with E-state index in [1.165, 1.54) is 19.3 Å². The van der Waals surface area contributed by atoms with E-state index in [-0.39, 0.29) is 35.4 Å². The van der Waals surface area contributed by atoms with Crippen LogP contribution in [0.3, 0.4) is 0 Å². The van der Waals surface area contributed by atoms with Gasteiger partial charge in [-0.25, -0.2) is 4.68 Å². The average Bonchev–Trinajstić information content (AvgIpc) is 3.03. The molecule has 2 amide bonds. The summed E-state index contributed by atoms with van der Waals surface area (Å²) in [7, 11) is 0. The molecule has 1 aromatic heterocycles. The summed E-state index contributed by atoms with van der Waals surface area (Å²) in [5.41, 5.74) is 0.544. The number of amides is 2. The minimum absolute atomic E-state index is 0.0171. The zero-order chi connectivity index (χ0) is 23.1. The maximum absolute atomic E-state index is 12.8. The fourth-order valence-electron chi connectivity index (χ4n) is 3.27. The van der Waals surface area contributed by atoms with Gasteiger partial charge in [0.15, 0.2) is 0 Å². The standard InChI is InChI=1S/C24H44N4O2/c1-10-11-12-13-14-15-22(30)27(18(2)3)17-21(29)25-20-16-19(23(4,5)6)26-28(20)24(7,8)9/h16,18H,10-15,17H2,1-9H3,(H,25,29). The van der Waals surface area contributed by atoms with Gasteiger partial charge in [-0.15, -0.1) is 0 Å². The lowest BCUT2D eigenvalue weighted by Crippen LogP contribution is -2.42. The molecule has 1 heterocycles. The van der Waals surface area contributed by atoms with Crippen molar-refractivity contribution in [2.24, 2.45) is 0 Å². The van der Waals surface area contributed by atoms with Crippen molar-refractivity contribution in [2.45, 2.75) is 118 Å². The summed E-state index contributed by atoms with van der Waals surface area (Å²) in [5, 5.41) is 7.74. The Morgan fingerprint density at radius 2 is 1.67 bits per heavy atom. The van der Waals surface area contributed by atoms with Crippen molar-refractivity contribution in [2.75, 3.05) is 11.9 Å². The quantitative estimate of drug-likeness (QED) is 0.510. The zero-order valence-electron chi connectivity index (χ0n) is 20.8. The number of aromatic nitrogens is 2. The Hall–Kier alpha value is -1.85. The summed E-state index contributed by atoms with van der Waals surface area (Å²) in [5.74, 6) is 0.540. The van der Waals surface area contributed by atoms with Crippen molar-refractivity contribution in [3.05, 3.63) is 11.8 Å². The van der Waals surface area contributed by atoms with Crippen LogP contribution in [0.15, 0.2) is 6.07 Å². The molecule has 0 aliphatic heterocycles. The van der Waals surface area contributed by atoms with Crippen LogP contribution >= 0.6 is 0 Å². The Bertz CT molecular complexity index is 693. The fourth-order valence-corrected chi connectivity index (χ4v) is 3.27. The highest BCUT2D eigenvalue weighted by molar-refractivity contribution is 5.94. The van der Waals surface area contributed by atoms with Gasteiger partial charge in [-0.3, -0.25) is 9.59 Å². The minimum Gasteiger partial charge on any atom is -0.331 e. The Morgan fingerprint density at radius 1 is 1.07 bits per heavy atom. The molecular formula is C24H44N4O2. The molecule has 0 aliphatic carbocycles. The van der Waals surface area contributed by atoms with Crippen LogP contribution in [0.2, 0.25) is 0 Å². The van der Waals surface area contributed by atoms with Gasteiger partial charge in [0.1, 0.15) is 12.4 Å². The first kappa shape index (κ1) is 26.2. The molecule has 0 fully saturated rings. The molecule has 0 atom stereocenters. The zero-order valence-corrected chi connectivity index (χ0v) is 20.8. The molecule has 0 unspecified atom stereocenters. The van der Waals surface area contributed by atoms with Crippen LogP contribution in [-0.4, -0.2) is 39.1 Å². The molecule has 0 aliphatic rings. The lowest BCUT2D eigenvalue weighted by atomic mass is 9.92. The monoisotopic (exact) mass is 420 g/mol. The molecule has 0 bridgehead atoms. The molecule has 172 valence electrons. The van der Waals surface area contributed by atoms with Gasteiger partial charge in [0.2, 0.25) is 11.8 Å². The molecule has 0 saturated carbocycles. The Morgan fingerprint density at radius 3 is 2.17 bits per heavy atom. The summed E-state index contributed by atoms with van der Waals surface area (Å²) in [6.07, 6.45) is 6.02. The first-order chi connectivity index (χ1) is 13.8. The molecule has 0 aromatic carbocycles. The summed E-state index contributed by atoms with van der Waals surface area (Å²) in [4.78, 5) is 27.2. The number of anilines is 1. The number of carbonyl (C=O) groups is 2. The average molecular weight is 421 g/mol. The largest absolute Gasteiger partial charge is 0.331 e. The van der Waals surface area contributed by atoms with Crippen LogP contribution < -0.4 is 5.32 Å². The number of nitrogens with zero attached hydrogens (tertiary/aromatic N) is 3. The molecule has 0 radical (unpaired) electrons.